The van der Waals surface area contributed by atoms with Crippen LogP contribution >= 0.6 is 0 Å². The Kier molecular flexibility index (Phi) is 4.79. The van der Waals surface area contributed by atoms with Gasteiger partial charge >= 0.3 is 6.09 Å². The Hall–Kier alpha value is -1.26. The first-order valence-corrected chi connectivity index (χ1v) is 8.04. The molecular weight excluding hydrogens is 268 g/mol. The van der Waals surface area contributed by atoms with Gasteiger partial charge in [0.25, 0.3) is 0 Å². The van der Waals surface area contributed by atoms with Gasteiger partial charge in [-0.15, -0.1) is 0 Å². The molecular formula is C16H28N2O3. The molecule has 2 fully saturated rings. The highest BCUT2D eigenvalue weighted by Crippen LogP contribution is 2.38. The number of hydrogen-bond donors (Lipinski definition) is 2. The summed E-state index contributed by atoms with van der Waals surface area (Å²) in [5, 5.41) is 6.05. The molecule has 2 saturated carbocycles. The standard InChI is InChI=1S/C16H28N2O3/c1-10-8-13(10)14(19)17-11-6-5-7-12(9-11)18-15(20)21-16(2,3)4/h10-13H,5-9H2,1-4H3,(H,17,19)(H,18,20)/t10-,11-,12+,13+/m1/s1. The molecule has 0 bridgehead atoms. The van der Waals surface area contributed by atoms with E-state index in [1.54, 1.807) is 0 Å². The molecule has 4 atom stereocenters. The molecule has 0 aromatic rings. The van der Waals surface area contributed by atoms with Gasteiger partial charge < -0.3 is 15.4 Å². The number of carbonyl (C=O) groups is 2. The van der Waals surface area contributed by atoms with Crippen LogP contribution in [-0.2, 0) is 9.53 Å². The lowest BCUT2D eigenvalue weighted by Crippen LogP contribution is -2.47. The van der Waals surface area contributed by atoms with Crippen LogP contribution in [0.5, 0.6) is 0 Å². The molecule has 120 valence electrons. The topological polar surface area (TPSA) is 67.4 Å². The fraction of sp³-hybridized carbons (Fsp3) is 0.875. The van der Waals surface area contributed by atoms with Gasteiger partial charge in [-0.1, -0.05) is 6.92 Å². The fourth-order valence-corrected chi connectivity index (χ4v) is 2.92. The summed E-state index contributed by atoms with van der Waals surface area (Å²) >= 11 is 0. The summed E-state index contributed by atoms with van der Waals surface area (Å²) in [6, 6.07) is 0.273. The van der Waals surface area contributed by atoms with Gasteiger partial charge in [0.1, 0.15) is 5.60 Å². The van der Waals surface area contributed by atoms with E-state index < -0.39 is 5.60 Å². The highest BCUT2D eigenvalue weighted by Gasteiger charge is 2.40. The van der Waals surface area contributed by atoms with Gasteiger partial charge in [-0.2, -0.15) is 0 Å². The maximum atomic E-state index is 12.0. The Balaban J connectivity index is 1.75. The molecule has 2 amide bonds. The Morgan fingerprint density at radius 1 is 1.05 bits per heavy atom. The summed E-state index contributed by atoms with van der Waals surface area (Å²) in [5.41, 5.74) is -0.478. The van der Waals surface area contributed by atoms with E-state index in [0.29, 0.717) is 5.92 Å². The minimum atomic E-state index is -0.478. The predicted octanol–water partition coefficient (Wildman–Crippen LogP) is 2.59. The van der Waals surface area contributed by atoms with Crippen LogP contribution in [0.25, 0.3) is 0 Å². The van der Waals surface area contributed by atoms with Crippen molar-refractivity contribution in [2.24, 2.45) is 11.8 Å². The number of carbonyl (C=O) groups excluding carboxylic acids is 2. The van der Waals surface area contributed by atoms with Gasteiger partial charge in [0, 0.05) is 18.0 Å². The third kappa shape index (κ3) is 5.21. The zero-order valence-corrected chi connectivity index (χ0v) is 13.6. The average molecular weight is 296 g/mol. The third-order valence-electron chi connectivity index (χ3n) is 4.19. The average Bonchev–Trinajstić information content (AvgIpc) is 3.04. The molecule has 5 heteroatoms. The molecule has 0 spiro atoms. The van der Waals surface area contributed by atoms with Crippen molar-refractivity contribution in [3.8, 4) is 0 Å². The Morgan fingerprint density at radius 3 is 2.14 bits per heavy atom. The van der Waals surface area contributed by atoms with E-state index in [2.05, 4.69) is 17.6 Å². The van der Waals surface area contributed by atoms with Crippen molar-refractivity contribution >= 4 is 12.0 Å². The zero-order valence-electron chi connectivity index (χ0n) is 13.6. The third-order valence-corrected chi connectivity index (χ3v) is 4.19. The van der Waals surface area contributed by atoms with Gasteiger partial charge in [-0.3, -0.25) is 4.79 Å². The molecule has 0 heterocycles. The summed E-state index contributed by atoms with van der Waals surface area (Å²) in [6.07, 6.45) is 4.41. The van der Waals surface area contributed by atoms with Gasteiger partial charge in [0.2, 0.25) is 5.91 Å². The van der Waals surface area contributed by atoms with Crippen molar-refractivity contribution in [1.29, 1.82) is 0 Å². The van der Waals surface area contributed by atoms with E-state index in [0.717, 1.165) is 32.1 Å². The van der Waals surface area contributed by atoms with Crippen LogP contribution in [0, 0.1) is 11.8 Å². The summed E-state index contributed by atoms with van der Waals surface area (Å²) in [5.74, 6) is 0.930. The van der Waals surface area contributed by atoms with Crippen LogP contribution in [0.1, 0.15) is 59.8 Å². The maximum absolute atomic E-state index is 12.0. The van der Waals surface area contributed by atoms with Crippen LogP contribution in [0.2, 0.25) is 0 Å². The normalized spacial score (nSPS) is 32.2. The summed E-state index contributed by atoms with van der Waals surface area (Å²) < 4.78 is 5.28. The first-order valence-electron chi connectivity index (χ1n) is 8.04. The van der Waals surface area contributed by atoms with Gasteiger partial charge in [-0.25, -0.2) is 4.79 Å². The Labute approximate surface area is 127 Å². The minimum absolute atomic E-state index is 0.0931. The summed E-state index contributed by atoms with van der Waals surface area (Å²) in [4.78, 5) is 23.8. The van der Waals surface area contributed by atoms with Crippen LogP contribution < -0.4 is 10.6 Å². The SMILES string of the molecule is C[C@@H]1C[C@@H]1C(=O)N[C@@H]1CCC[C@H](NC(=O)OC(C)(C)C)C1. The van der Waals surface area contributed by atoms with Crippen LogP contribution in [0.3, 0.4) is 0 Å². The Bertz CT molecular complexity index is 403. The van der Waals surface area contributed by atoms with Gasteiger partial charge in [-0.05, 0) is 58.8 Å². The van der Waals surface area contributed by atoms with Crippen molar-refractivity contribution in [2.45, 2.75) is 77.5 Å². The van der Waals surface area contributed by atoms with E-state index in [-0.39, 0.29) is 30.0 Å². The van der Waals surface area contributed by atoms with Crippen LogP contribution in [0.4, 0.5) is 4.79 Å². The minimum Gasteiger partial charge on any atom is -0.444 e. The molecule has 2 rings (SSSR count). The predicted molar refractivity (Wildman–Crippen MR) is 80.8 cm³/mol. The molecule has 21 heavy (non-hydrogen) atoms. The van der Waals surface area contributed by atoms with Crippen molar-refractivity contribution in [1.82, 2.24) is 10.6 Å². The molecule has 0 saturated heterocycles. The first-order chi connectivity index (χ1) is 9.74. The molecule has 2 aliphatic rings. The van der Waals surface area contributed by atoms with Crippen molar-refractivity contribution in [3.63, 3.8) is 0 Å². The van der Waals surface area contributed by atoms with E-state index in [9.17, 15) is 9.59 Å². The summed E-state index contributed by atoms with van der Waals surface area (Å²) in [6.45, 7) is 7.67. The lowest BCUT2D eigenvalue weighted by molar-refractivity contribution is -0.123. The van der Waals surface area contributed by atoms with Crippen molar-refractivity contribution in [3.05, 3.63) is 0 Å². The van der Waals surface area contributed by atoms with Crippen LogP contribution in [0.15, 0.2) is 0 Å². The first kappa shape index (κ1) is 16.1. The number of rotatable bonds is 3. The number of hydrogen-bond acceptors (Lipinski definition) is 3. The molecule has 2 aliphatic carbocycles. The number of ether oxygens (including phenoxy) is 1. The van der Waals surface area contributed by atoms with Crippen molar-refractivity contribution in [2.75, 3.05) is 0 Å². The second-order valence-corrected chi connectivity index (χ2v) is 7.53. The largest absolute Gasteiger partial charge is 0.444 e. The maximum Gasteiger partial charge on any atom is 0.407 e. The molecule has 0 radical (unpaired) electrons. The molecule has 0 unspecified atom stereocenters. The highest BCUT2D eigenvalue weighted by atomic mass is 16.6. The second kappa shape index (κ2) is 6.24. The number of alkyl carbamates (subject to hydrolysis) is 1. The number of amides is 2. The van der Waals surface area contributed by atoms with Crippen LogP contribution in [-0.4, -0.2) is 29.7 Å². The van der Waals surface area contributed by atoms with E-state index >= 15 is 0 Å². The van der Waals surface area contributed by atoms with Gasteiger partial charge in [0.05, 0.1) is 0 Å². The molecule has 0 aliphatic heterocycles. The fourth-order valence-electron chi connectivity index (χ4n) is 2.92. The monoisotopic (exact) mass is 296 g/mol. The Morgan fingerprint density at radius 2 is 1.62 bits per heavy atom. The highest BCUT2D eigenvalue weighted by molar-refractivity contribution is 5.81. The zero-order chi connectivity index (χ0) is 15.6. The second-order valence-electron chi connectivity index (χ2n) is 7.53. The summed E-state index contributed by atoms with van der Waals surface area (Å²) in [7, 11) is 0. The van der Waals surface area contributed by atoms with E-state index in [1.165, 1.54) is 0 Å². The molecule has 2 N–H and O–H groups in total. The van der Waals surface area contributed by atoms with Crippen molar-refractivity contribution < 1.29 is 14.3 Å². The quantitative estimate of drug-likeness (QED) is 0.841. The molecule has 5 nitrogen and oxygen atoms in total. The molecule has 0 aromatic heterocycles. The molecule has 0 aromatic carbocycles. The number of nitrogens with one attached hydrogen (secondary N) is 2. The lowest BCUT2D eigenvalue weighted by atomic mass is 9.91. The lowest BCUT2D eigenvalue weighted by Gasteiger charge is -2.31. The van der Waals surface area contributed by atoms with E-state index in [4.69, 9.17) is 4.74 Å². The smallest absolute Gasteiger partial charge is 0.407 e. The van der Waals surface area contributed by atoms with Gasteiger partial charge in [0.15, 0.2) is 0 Å². The van der Waals surface area contributed by atoms with E-state index in [1.807, 2.05) is 20.8 Å².